The normalized spacial score (nSPS) is 11.0. The van der Waals surface area contributed by atoms with Gasteiger partial charge in [0, 0.05) is 24.6 Å². The van der Waals surface area contributed by atoms with E-state index in [2.05, 4.69) is 15.6 Å². The number of alkyl halides is 3. The molecule has 110 valence electrons. The minimum Gasteiger partial charge on any atom is -0.388 e. The molecule has 0 radical (unpaired) electrons. The zero-order valence-corrected chi connectivity index (χ0v) is 11.0. The first kappa shape index (κ1) is 14.8. The largest absolute Gasteiger partial charge is 0.416 e. The fourth-order valence-electron chi connectivity index (χ4n) is 1.65. The molecular weight excluding hydrogens is 283 g/mol. The Kier molecular flexibility index (Phi) is 4.11. The van der Waals surface area contributed by atoms with Gasteiger partial charge in [0.2, 0.25) is 0 Å². The van der Waals surface area contributed by atoms with E-state index in [0.29, 0.717) is 5.69 Å². The summed E-state index contributed by atoms with van der Waals surface area (Å²) in [6, 6.07) is 7.44. The molecule has 0 aliphatic carbocycles. The second kappa shape index (κ2) is 5.82. The van der Waals surface area contributed by atoms with Gasteiger partial charge in [0.05, 0.1) is 5.56 Å². The van der Waals surface area contributed by atoms with Crippen LogP contribution in [0.1, 0.15) is 16.1 Å². The summed E-state index contributed by atoms with van der Waals surface area (Å²) in [7, 11) is 1.70. The molecule has 7 heteroatoms. The number of anilines is 2. The minimum absolute atomic E-state index is 0.168. The highest BCUT2D eigenvalue weighted by Gasteiger charge is 2.29. The number of nitrogens with zero attached hydrogens (tertiary/aromatic N) is 1. The van der Waals surface area contributed by atoms with Crippen LogP contribution in [0.2, 0.25) is 0 Å². The van der Waals surface area contributed by atoms with Crippen molar-refractivity contribution in [3.63, 3.8) is 0 Å². The summed E-state index contributed by atoms with van der Waals surface area (Å²) in [5, 5.41) is 5.36. The number of carbonyl (C=O) groups is 1. The Morgan fingerprint density at radius 1 is 1.10 bits per heavy atom. The summed E-state index contributed by atoms with van der Waals surface area (Å²) in [4.78, 5) is 15.8. The zero-order chi connectivity index (χ0) is 15.5. The van der Waals surface area contributed by atoms with E-state index >= 15 is 0 Å². The van der Waals surface area contributed by atoms with Crippen molar-refractivity contribution in [3.8, 4) is 0 Å². The van der Waals surface area contributed by atoms with E-state index < -0.39 is 17.6 Å². The average molecular weight is 295 g/mol. The average Bonchev–Trinajstić information content (AvgIpc) is 2.47. The first-order chi connectivity index (χ1) is 9.90. The van der Waals surface area contributed by atoms with Gasteiger partial charge in [0.1, 0.15) is 5.69 Å². The van der Waals surface area contributed by atoms with Crippen LogP contribution in [0.5, 0.6) is 0 Å². The molecule has 0 aliphatic heterocycles. The molecule has 0 unspecified atom stereocenters. The van der Waals surface area contributed by atoms with Crippen molar-refractivity contribution in [2.45, 2.75) is 6.18 Å². The number of amides is 1. The molecule has 0 atom stereocenters. The standard InChI is InChI=1S/C14H12F3N3O/c1-18-11-6-7-19-12(8-11)13(21)20-10-4-2-9(3-5-10)14(15,16)17/h2-8H,1H3,(H,18,19)(H,20,21). The molecule has 21 heavy (non-hydrogen) atoms. The van der Waals surface area contributed by atoms with Crippen LogP contribution in [-0.2, 0) is 6.18 Å². The van der Waals surface area contributed by atoms with E-state index in [9.17, 15) is 18.0 Å². The predicted octanol–water partition coefficient (Wildman–Crippen LogP) is 3.39. The van der Waals surface area contributed by atoms with Gasteiger partial charge < -0.3 is 10.6 Å². The van der Waals surface area contributed by atoms with Gasteiger partial charge in [-0.2, -0.15) is 13.2 Å². The lowest BCUT2D eigenvalue weighted by atomic mass is 10.2. The third-order valence-corrected chi connectivity index (χ3v) is 2.75. The van der Waals surface area contributed by atoms with Crippen LogP contribution in [0.4, 0.5) is 24.5 Å². The summed E-state index contributed by atoms with van der Waals surface area (Å²) in [5.41, 5.74) is 0.379. The Bertz CT molecular complexity index is 639. The SMILES string of the molecule is CNc1ccnc(C(=O)Nc2ccc(C(F)(F)F)cc2)c1. The first-order valence-corrected chi connectivity index (χ1v) is 6.02. The second-order valence-corrected chi connectivity index (χ2v) is 4.21. The van der Waals surface area contributed by atoms with Crippen molar-refractivity contribution in [1.82, 2.24) is 4.98 Å². The third kappa shape index (κ3) is 3.71. The van der Waals surface area contributed by atoms with E-state index in [1.807, 2.05) is 0 Å². The van der Waals surface area contributed by atoms with Crippen molar-refractivity contribution in [1.29, 1.82) is 0 Å². The smallest absolute Gasteiger partial charge is 0.388 e. The summed E-state index contributed by atoms with van der Waals surface area (Å²) in [6.07, 6.45) is -2.93. The molecule has 0 bridgehead atoms. The highest BCUT2D eigenvalue weighted by Crippen LogP contribution is 2.29. The summed E-state index contributed by atoms with van der Waals surface area (Å²) < 4.78 is 37.3. The fraction of sp³-hybridized carbons (Fsp3) is 0.143. The number of pyridine rings is 1. The van der Waals surface area contributed by atoms with Gasteiger partial charge in [-0.05, 0) is 36.4 Å². The van der Waals surface area contributed by atoms with Crippen LogP contribution >= 0.6 is 0 Å². The van der Waals surface area contributed by atoms with E-state index in [1.54, 1.807) is 19.2 Å². The maximum atomic E-state index is 12.4. The van der Waals surface area contributed by atoms with Crippen LogP contribution in [-0.4, -0.2) is 17.9 Å². The van der Waals surface area contributed by atoms with Gasteiger partial charge >= 0.3 is 6.18 Å². The topological polar surface area (TPSA) is 54.0 Å². The zero-order valence-electron chi connectivity index (χ0n) is 11.0. The number of hydrogen-bond donors (Lipinski definition) is 2. The Balaban J connectivity index is 2.12. The number of rotatable bonds is 3. The molecule has 2 rings (SSSR count). The van der Waals surface area contributed by atoms with Crippen LogP contribution in [0, 0.1) is 0 Å². The first-order valence-electron chi connectivity index (χ1n) is 6.02. The molecule has 1 amide bonds. The van der Waals surface area contributed by atoms with Gasteiger partial charge in [0.15, 0.2) is 0 Å². The van der Waals surface area contributed by atoms with Gasteiger partial charge in [-0.25, -0.2) is 0 Å². The molecule has 0 fully saturated rings. The third-order valence-electron chi connectivity index (χ3n) is 2.75. The molecule has 2 N–H and O–H groups in total. The molecule has 1 heterocycles. The Morgan fingerprint density at radius 2 is 1.76 bits per heavy atom. The summed E-state index contributed by atoms with van der Waals surface area (Å²) >= 11 is 0. The molecule has 1 aromatic carbocycles. The predicted molar refractivity (Wildman–Crippen MR) is 73.2 cm³/mol. The van der Waals surface area contributed by atoms with E-state index in [4.69, 9.17) is 0 Å². The van der Waals surface area contributed by atoms with Crippen LogP contribution in [0.25, 0.3) is 0 Å². The van der Waals surface area contributed by atoms with Crippen LogP contribution in [0.15, 0.2) is 42.6 Å². The quantitative estimate of drug-likeness (QED) is 0.912. The highest BCUT2D eigenvalue weighted by molar-refractivity contribution is 6.03. The van der Waals surface area contributed by atoms with E-state index in [-0.39, 0.29) is 11.4 Å². The molecule has 0 saturated heterocycles. The molecular formula is C14H12F3N3O. The maximum Gasteiger partial charge on any atom is 0.416 e. The molecule has 2 aromatic rings. The van der Waals surface area contributed by atoms with E-state index in [1.165, 1.54) is 18.3 Å². The summed E-state index contributed by atoms with van der Waals surface area (Å²) in [6.45, 7) is 0. The number of hydrogen-bond acceptors (Lipinski definition) is 3. The molecule has 4 nitrogen and oxygen atoms in total. The lowest BCUT2D eigenvalue weighted by Gasteiger charge is -2.09. The number of aromatic nitrogens is 1. The lowest BCUT2D eigenvalue weighted by Crippen LogP contribution is -2.14. The Hall–Kier alpha value is -2.57. The number of benzene rings is 1. The van der Waals surface area contributed by atoms with E-state index in [0.717, 1.165) is 12.1 Å². The molecule has 0 aliphatic rings. The van der Waals surface area contributed by atoms with Gasteiger partial charge in [0.25, 0.3) is 5.91 Å². The number of carbonyl (C=O) groups excluding carboxylic acids is 1. The highest BCUT2D eigenvalue weighted by atomic mass is 19.4. The van der Waals surface area contributed by atoms with Crippen LogP contribution in [0.3, 0.4) is 0 Å². The summed E-state index contributed by atoms with van der Waals surface area (Å²) in [5.74, 6) is -0.494. The molecule has 0 saturated carbocycles. The van der Waals surface area contributed by atoms with Crippen molar-refractivity contribution in [3.05, 3.63) is 53.9 Å². The van der Waals surface area contributed by atoms with Gasteiger partial charge in [-0.1, -0.05) is 0 Å². The van der Waals surface area contributed by atoms with Crippen molar-refractivity contribution >= 4 is 17.3 Å². The Labute approximate surface area is 119 Å². The lowest BCUT2D eigenvalue weighted by molar-refractivity contribution is -0.137. The van der Waals surface area contributed by atoms with Gasteiger partial charge in [-0.3, -0.25) is 9.78 Å². The Morgan fingerprint density at radius 3 is 2.33 bits per heavy atom. The number of halogens is 3. The molecule has 0 spiro atoms. The molecule has 1 aromatic heterocycles. The second-order valence-electron chi connectivity index (χ2n) is 4.21. The van der Waals surface area contributed by atoms with Crippen molar-refractivity contribution in [2.24, 2.45) is 0 Å². The van der Waals surface area contributed by atoms with Crippen LogP contribution < -0.4 is 10.6 Å². The minimum atomic E-state index is -4.40. The number of nitrogens with one attached hydrogen (secondary N) is 2. The van der Waals surface area contributed by atoms with Gasteiger partial charge in [-0.15, -0.1) is 0 Å². The monoisotopic (exact) mass is 295 g/mol. The maximum absolute atomic E-state index is 12.4. The van der Waals surface area contributed by atoms with Crippen molar-refractivity contribution in [2.75, 3.05) is 17.7 Å². The van der Waals surface area contributed by atoms with Crippen molar-refractivity contribution < 1.29 is 18.0 Å². The fourth-order valence-corrected chi connectivity index (χ4v) is 1.65.